The predicted molar refractivity (Wildman–Crippen MR) is 76.8 cm³/mol. The number of hydrogen-bond acceptors (Lipinski definition) is 6. The summed E-state index contributed by atoms with van der Waals surface area (Å²) >= 11 is 0. The third-order valence-corrected chi connectivity index (χ3v) is 4.10. The smallest absolute Gasteiger partial charge is 0.325 e. The van der Waals surface area contributed by atoms with Gasteiger partial charge in [-0.3, -0.25) is 9.69 Å². The number of urea groups is 1. The van der Waals surface area contributed by atoms with Gasteiger partial charge in [-0.15, -0.1) is 0 Å². The van der Waals surface area contributed by atoms with E-state index in [1.165, 1.54) is 4.90 Å². The standard InChI is InChI=1S/C14H21N5O3/c1-9(2)7-11-16-10(18-22-11)8-19-12(20)14(17-13(19)21)3-5-15-6-4-14/h9,15H,3-8H2,1-2H3,(H,17,21). The molecule has 1 aromatic rings. The van der Waals surface area contributed by atoms with Crippen LogP contribution in [0, 0.1) is 5.92 Å². The lowest BCUT2D eigenvalue weighted by Gasteiger charge is -2.30. The predicted octanol–water partition coefficient (Wildman–Crippen LogP) is 0.442. The topological polar surface area (TPSA) is 100 Å². The Kier molecular flexibility index (Phi) is 3.86. The highest BCUT2D eigenvalue weighted by molar-refractivity contribution is 6.07. The molecule has 2 aliphatic heterocycles. The third kappa shape index (κ3) is 2.70. The molecule has 0 aliphatic carbocycles. The van der Waals surface area contributed by atoms with Crippen molar-refractivity contribution in [2.24, 2.45) is 5.92 Å². The van der Waals surface area contributed by atoms with Crippen LogP contribution in [-0.4, -0.2) is 45.6 Å². The summed E-state index contributed by atoms with van der Waals surface area (Å²) in [5, 5.41) is 9.90. The maximum atomic E-state index is 12.6. The van der Waals surface area contributed by atoms with Gasteiger partial charge in [0.1, 0.15) is 5.54 Å². The molecular weight excluding hydrogens is 286 g/mol. The first kappa shape index (κ1) is 15.0. The molecule has 3 heterocycles. The Hall–Kier alpha value is -1.96. The second kappa shape index (κ2) is 5.68. The molecule has 0 bridgehead atoms. The van der Waals surface area contributed by atoms with Gasteiger partial charge >= 0.3 is 6.03 Å². The number of nitrogens with one attached hydrogen (secondary N) is 2. The summed E-state index contributed by atoms with van der Waals surface area (Å²) in [5.41, 5.74) is -0.757. The molecule has 8 nitrogen and oxygen atoms in total. The van der Waals surface area contributed by atoms with Crippen LogP contribution in [0.15, 0.2) is 4.52 Å². The molecule has 22 heavy (non-hydrogen) atoms. The summed E-state index contributed by atoms with van der Waals surface area (Å²) in [6, 6.07) is -0.373. The van der Waals surface area contributed by atoms with Crippen molar-refractivity contribution < 1.29 is 14.1 Å². The number of nitrogens with zero attached hydrogens (tertiary/aromatic N) is 3. The second-order valence-corrected chi connectivity index (χ2v) is 6.36. The number of carbonyl (C=O) groups excluding carboxylic acids is 2. The Morgan fingerprint density at radius 2 is 2.05 bits per heavy atom. The SMILES string of the molecule is CC(C)Cc1nc(CN2C(=O)NC3(CCNCC3)C2=O)no1. The van der Waals surface area contributed by atoms with Crippen LogP contribution < -0.4 is 10.6 Å². The Morgan fingerprint density at radius 3 is 2.73 bits per heavy atom. The number of imide groups is 1. The molecule has 2 N–H and O–H groups in total. The molecule has 2 fully saturated rings. The summed E-state index contributed by atoms with van der Waals surface area (Å²) in [6.07, 6.45) is 1.90. The fourth-order valence-corrected chi connectivity index (χ4v) is 2.94. The number of aromatic nitrogens is 2. The Labute approximate surface area is 128 Å². The van der Waals surface area contributed by atoms with Crippen molar-refractivity contribution in [2.45, 2.75) is 45.2 Å². The van der Waals surface area contributed by atoms with Crippen LogP contribution in [0.2, 0.25) is 0 Å². The number of amides is 3. The Balaban J connectivity index is 1.71. The van der Waals surface area contributed by atoms with Crippen molar-refractivity contribution in [1.29, 1.82) is 0 Å². The van der Waals surface area contributed by atoms with E-state index in [0.717, 1.165) is 13.1 Å². The second-order valence-electron chi connectivity index (χ2n) is 6.36. The first-order chi connectivity index (χ1) is 10.5. The average molecular weight is 307 g/mol. The summed E-state index contributed by atoms with van der Waals surface area (Å²) in [4.78, 5) is 30.2. The van der Waals surface area contributed by atoms with Crippen LogP contribution in [0.25, 0.3) is 0 Å². The van der Waals surface area contributed by atoms with Crippen molar-refractivity contribution >= 4 is 11.9 Å². The lowest BCUT2D eigenvalue weighted by molar-refractivity contribution is -0.132. The van der Waals surface area contributed by atoms with Crippen molar-refractivity contribution in [3.8, 4) is 0 Å². The first-order valence-electron chi connectivity index (χ1n) is 7.66. The van der Waals surface area contributed by atoms with E-state index < -0.39 is 5.54 Å². The van der Waals surface area contributed by atoms with Crippen LogP contribution in [-0.2, 0) is 17.8 Å². The molecule has 120 valence electrons. The van der Waals surface area contributed by atoms with Gasteiger partial charge in [-0.25, -0.2) is 4.79 Å². The van der Waals surface area contributed by atoms with E-state index in [9.17, 15) is 9.59 Å². The number of rotatable bonds is 4. The van der Waals surface area contributed by atoms with Crippen molar-refractivity contribution in [3.05, 3.63) is 11.7 Å². The molecule has 3 amide bonds. The van der Waals surface area contributed by atoms with Gasteiger partial charge in [0.15, 0.2) is 5.82 Å². The molecule has 2 aliphatic rings. The van der Waals surface area contributed by atoms with E-state index in [1.807, 2.05) is 0 Å². The highest BCUT2D eigenvalue weighted by Gasteiger charge is 2.51. The molecule has 2 saturated heterocycles. The quantitative estimate of drug-likeness (QED) is 0.783. The third-order valence-electron chi connectivity index (χ3n) is 4.10. The largest absolute Gasteiger partial charge is 0.339 e. The van der Waals surface area contributed by atoms with E-state index in [1.54, 1.807) is 0 Å². The van der Waals surface area contributed by atoms with E-state index in [0.29, 0.717) is 36.9 Å². The maximum absolute atomic E-state index is 12.6. The molecule has 0 aromatic carbocycles. The number of hydrogen-bond donors (Lipinski definition) is 2. The molecule has 0 radical (unpaired) electrons. The molecule has 0 unspecified atom stereocenters. The minimum atomic E-state index is -0.757. The molecular formula is C14H21N5O3. The normalized spacial score (nSPS) is 21.0. The van der Waals surface area contributed by atoms with Gasteiger partial charge in [-0.1, -0.05) is 19.0 Å². The van der Waals surface area contributed by atoms with Gasteiger partial charge in [-0.05, 0) is 31.8 Å². The monoisotopic (exact) mass is 307 g/mol. The first-order valence-corrected chi connectivity index (χ1v) is 7.66. The lowest BCUT2D eigenvalue weighted by atomic mass is 9.88. The van der Waals surface area contributed by atoms with Crippen LogP contribution in [0.5, 0.6) is 0 Å². The molecule has 0 atom stereocenters. The van der Waals surface area contributed by atoms with E-state index in [4.69, 9.17) is 4.52 Å². The lowest BCUT2D eigenvalue weighted by Crippen LogP contribution is -2.53. The van der Waals surface area contributed by atoms with E-state index >= 15 is 0 Å². The van der Waals surface area contributed by atoms with Gasteiger partial charge in [0.2, 0.25) is 5.89 Å². The van der Waals surface area contributed by atoms with Crippen LogP contribution in [0.1, 0.15) is 38.4 Å². The number of carbonyl (C=O) groups is 2. The zero-order chi connectivity index (χ0) is 15.7. The highest BCUT2D eigenvalue weighted by Crippen LogP contribution is 2.27. The molecule has 1 spiro atoms. The fraction of sp³-hybridized carbons (Fsp3) is 0.714. The molecule has 1 aromatic heterocycles. The maximum Gasteiger partial charge on any atom is 0.325 e. The summed E-state index contributed by atoms with van der Waals surface area (Å²) in [7, 11) is 0. The Bertz CT molecular complexity index is 577. The van der Waals surface area contributed by atoms with Gasteiger partial charge in [0.05, 0.1) is 6.54 Å². The summed E-state index contributed by atoms with van der Waals surface area (Å²) in [5.74, 6) is 1.12. The van der Waals surface area contributed by atoms with E-state index in [2.05, 4.69) is 34.6 Å². The zero-order valence-electron chi connectivity index (χ0n) is 12.9. The minimum absolute atomic E-state index is 0.0570. The highest BCUT2D eigenvalue weighted by atomic mass is 16.5. The average Bonchev–Trinajstić information content (AvgIpc) is 2.99. The molecule has 3 rings (SSSR count). The van der Waals surface area contributed by atoms with Crippen LogP contribution in [0.3, 0.4) is 0 Å². The van der Waals surface area contributed by atoms with Crippen molar-refractivity contribution in [2.75, 3.05) is 13.1 Å². The molecule has 8 heteroatoms. The van der Waals surface area contributed by atoms with E-state index in [-0.39, 0.29) is 18.5 Å². The summed E-state index contributed by atoms with van der Waals surface area (Å²) < 4.78 is 5.15. The van der Waals surface area contributed by atoms with Crippen LogP contribution >= 0.6 is 0 Å². The summed E-state index contributed by atoms with van der Waals surface area (Å²) in [6.45, 7) is 5.62. The molecule has 0 saturated carbocycles. The zero-order valence-corrected chi connectivity index (χ0v) is 12.9. The minimum Gasteiger partial charge on any atom is -0.339 e. The number of piperidine rings is 1. The van der Waals surface area contributed by atoms with Gasteiger partial charge < -0.3 is 15.2 Å². The van der Waals surface area contributed by atoms with Crippen molar-refractivity contribution in [1.82, 2.24) is 25.7 Å². The van der Waals surface area contributed by atoms with Gasteiger partial charge in [0, 0.05) is 6.42 Å². The van der Waals surface area contributed by atoms with Crippen LogP contribution in [0.4, 0.5) is 4.79 Å². The fourth-order valence-electron chi connectivity index (χ4n) is 2.94. The van der Waals surface area contributed by atoms with Gasteiger partial charge in [0.25, 0.3) is 5.91 Å². The Morgan fingerprint density at radius 1 is 1.32 bits per heavy atom. The van der Waals surface area contributed by atoms with Gasteiger partial charge in [-0.2, -0.15) is 4.98 Å². The van der Waals surface area contributed by atoms with Crippen molar-refractivity contribution in [3.63, 3.8) is 0 Å².